The van der Waals surface area contributed by atoms with E-state index in [4.69, 9.17) is 16.3 Å². The monoisotopic (exact) mass is 405 g/mol. The Kier molecular flexibility index (Phi) is 5.14. The Morgan fingerprint density at radius 3 is 2.24 bits per heavy atom. The summed E-state index contributed by atoms with van der Waals surface area (Å²) < 4.78 is 5.53. The quantitative estimate of drug-likeness (QED) is 0.529. The number of para-hydroxylation sites is 1. The number of carbonyl (C=O) groups is 3. The number of nitrogens with one attached hydrogen (secondary N) is 1. The van der Waals surface area contributed by atoms with E-state index < -0.39 is 0 Å². The van der Waals surface area contributed by atoms with Crippen LogP contribution >= 0.6 is 11.6 Å². The zero-order chi connectivity index (χ0) is 20.4. The molecule has 0 unspecified atom stereocenters. The number of rotatable bonds is 5. The summed E-state index contributed by atoms with van der Waals surface area (Å²) in [4.78, 5) is 38.1. The number of amides is 1. The average molecular weight is 406 g/mol. The molecule has 0 fully saturated rings. The minimum atomic E-state index is -0.329. The van der Waals surface area contributed by atoms with E-state index in [1.165, 1.54) is 0 Å². The van der Waals surface area contributed by atoms with Gasteiger partial charge >= 0.3 is 0 Å². The lowest BCUT2D eigenvalue weighted by molar-refractivity contribution is -0.116. The van der Waals surface area contributed by atoms with Gasteiger partial charge in [-0.1, -0.05) is 60.1 Å². The maximum atomic E-state index is 12.9. The Hall–Kier alpha value is -3.44. The van der Waals surface area contributed by atoms with Crippen molar-refractivity contribution in [2.45, 2.75) is 6.42 Å². The van der Waals surface area contributed by atoms with Crippen molar-refractivity contribution in [2.24, 2.45) is 0 Å². The summed E-state index contributed by atoms with van der Waals surface area (Å²) >= 11 is 6.02. The molecule has 0 aromatic heterocycles. The SMILES string of the molecule is O=C(CCOc1ccccc1Cl)Nc1cccc2c1C(=O)c1ccccc1C2=O. The van der Waals surface area contributed by atoms with Crippen LogP contribution in [0.5, 0.6) is 5.75 Å². The second-order valence-electron chi connectivity index (χ2n) is 6.51. The maximum Gasteiger partial charge on any atom is 0.227 e. The van der Waals surface area contributed by atoms with Crippen LogP contribution in [0, 0.1) is 0 Å². The molecule has 0 spiro atoms. The fraction of sp³-hybridized carbons (Fsp3) is 0.0870. The number of ketones is 2. The summed E-state index contributed by atoms with van der Waals surface area (Å²) in [6.07, 6.45) is 0.0631. The largest absolute Gasteiger partial charge is 0.491 e. The van der Waals surface area contributed by atoms with E-state index >= 15 is 0 Å². The fourth-order valence-electron chi connectivity index (χ4n) is 3.28. The molecule has 144 valence electrons. The van der Waals surface area contributed by atoms with Gasteiger partial charge in [0.2, 0.25) is 5.91 Å². The highest BCUT2D eigenvalue weighted by Gasteiger charge is 2.31. The smallest absolute Gasteiger partial charge is 0.227 e. The predicted molar refractivity (Wildman–Crippen MR) is 110 cm³/mol. The zero-order valence-electron chi connectivity index (χ0n) is 15.3. The van der Waals surface area contributed by atoms with Crippen molar-refractivity contribution >= 4 is 34.8 Å². The van der Waals surface area contributed by atoms with E-state index in [9.17, 15) is 14.4 Å². The fourth-order valence-corrected chi connectivity index (χ4v) is 3.47. The van der Waals surface area contributed by atoms with Crippen molar-refractivity contribution in [3.05, 3.63) is 94.0 Å². The van der Waals surface area contributed by atoms with Gasteiger partial charge < -0.3 is 10.1 Å². The van der Waals surface area contributed by atoms with Crippen molar-refractivity contribution in [2.75, 3.05) is 11.9 Å². The third-order valence-electron chi connectivity index (χ3n) is 4.65. The highest BCUT2D eigenvalue weighted by atomic mass is 35.5. The second-order valence-corrected chi connectivity index (χ2v) is 6.92. The Bertz CT molecular complexity index is 1140. The van der Waals surface area contributed by atoms with E-state index in [-0.39, 0.29) is 36.1 Å². The number of carbonyl (C=O) groups excluding carboxylic acids is 3. The number of hydrogen-bond donors (Lipinski definition) is 1. The molecule has 0 radical (unpaired) electrons. The van der Waals surface area contributed by atoms with Gasteiger partial charge in [0.15, 0.2) is 11.6 Å². The van der Waals surface area contributed by atoms with Crippen LogP contribution < -0.4 is 10.1 Å². The Labute approximate surface area is 172 Å². The second kappa shape index (κ2) is 7.89. The van der Waals surface area contributed by atoms with Crippen molar-refractivity contribution < 1.29 is 19.1 Å². The van der Waals surface area contributed by atoms with Gasteiger partial charge in [0.25, 0.3) is 0 Å². The van der Waals surface area contributed by atoms with Gasteiger partial charge in [0.05, 0.1) is 29.3 Å². The molecule has 0 bridgehead atoms. The van der Waals surface area contributed by atoms with Crippen LogP contribution in [0.3, 0.4) is 0 Å². The van der Waals surface area contributed by atoms with Crippen LogP contribution in [0.25, 0.3) is 0 Å². The molecule has 5 nitrogen and oxygen atoms in total. The Balaban J connectivity index is 1.50. The molecule has 1 N–H and O–H groups in total. The summed E-state index contributed by atoms with van der Waals surface area (Å²) in [7, 11) is 0. The minimum absolute atomic E-state index is 0.0631. The van der Waals surface area contributed by atoms with Crippen molar-refractivity contribution in [1.82, 2.24) is 0 Å². The molecule has 0 saturated carbocycles. The molecule has 29 heavy (non-hydrogen) atoms. The molecule has 0 aliphatic heterocycles. The Morgan fingerprint density at radius 2 is 1.48 bits per heavy atom. The van der Waals surface area contributed by atoms with Gasteiger partial charge in [-0.25, -0.2) is 0 Å². The summed E-state index contributed by atoms with van der Waals surface area (Å²) in [6, 6.07) is 18.5. The first-order valence-electron chi connectivity index (χ1n) is 9.05. The molecule has 3 aromatic carbocycles. The Morgan fingerprint density at radius 1 is 0.828 bits per heavy atom. The molecule has 0 atom stereocenters. The van der Waals surface area contributed by atoms with E-state index in [2.05, 4.69) is 5.32 Å². The van der Waals surface area contributed by atoms with Crippen LogP contribution in [0.1, 0.15) is 38.3 Å². The standard InChI is InChI=1S/C23H16ClNO4/c24-17-9-3-4-11-19(17)29-13-12-20(26)25-18-10-5-8-16-21(18)23(28)15-7-2-1-6-14(15)22(16)27/h1-11H,12-13H2,(H,25,26). The molecule has 1 amide bonds. The molecule has 4 rings (SSSR count). The van der Waals surface area contributed by atoms with Gasteiger partial charge in [0, 0.05) is 16.7 Å². The third kappa shape index (κ3) is 3.65. The molecule has 1 aliphatic carbocycles. The van der Waals surface area contributed by atoms with Crippen molar-refractivity contribution in [1.29, 1.82) is 0 Å². The topological polar surface area (TPSA) is 72.5 Å². The molecular weight excluding hydrogens is 390 g/mol. The average Bonchev–Trinajstić information content (AvgIpc) is 2.73. The van der Waals surface area contributed by atoms with Gasteiger partial charge in [0.1, 0.15) is 5.75 Å². The number of ether oxygens (including phenoxy) is 1. The van der Waals surface area contributed by atoms with E-state index in [1.54, 1.807) is 66.7 Å². The molecule has 0 heterocycles. The maximum absolute atomic E-state index is 12.9. The molecule has 1 aliphatic rings. The lowest BCUT2D eigenvalue weighted by Gasteiger charge is -2.20. The normalized spacial score (nSPS) is 12.2. The number of anilines is 1. The highest BCUT2D eigenvalue weighted by molar-refractivity contribution is 6.32. The lowest BCUT2D eigenvalue weighted by atomic mass is 9.83. The van der Waals surface area contributed by atoms with E-state index in [0.29, 0.717) is 33.1 Å². The first-order valence-corrected chi connectivity index (χ1v) is 9.42. The summed E-state index contributed by atoms with van der Waals surface area (Å²) in [5.74, 6) is -0.340. The molecular formula is C23H16ClNO4. The van der Waals surface area contributed by atoms with Gasteiger partial charge in [-0.05, 0) is 18.2 Å². The summed E-state index contributed by atoms with van der Waals surface area (Å²) in [6.45, 7) is 0.125. The molecule has 3 aromatic rings. The van der Waals surface area contributed by atoms with Crippen molar-refractivity contribution in [3.8, 4) is 5.75 Å². The first kappa shape index (κ1) is 18.9. The zero-order valence-corrected chi connectivity index (χ0v) is 16.0. The van der Waals surface area contributed by atoms with Crippen LogP contribution in [-0.4, -0.2) is 24.1 Å². The number of benzene rings is 3. The number of halogens is 1. The predicted octanol–water partition coefficient (Wildman–Crippen LogP) is 4.52. The molecule has 0 saturated heterocycles. The van der Waals surface area contributed by atoms with Gasteiger partial charge in [-0.2, -0.15) is 0 Å². The molecule has 6 heteroatoms. The number of fused-ring (bicyclic) bond motifs is 2. The van der Waals surface area contributed by atoms with Crippen LogP contribution in [0.4, 0.5) is 5.69 Å². The van der Waals surface area contributed by atoms with Crippen LogP contribution in [0.15, 0.2) is 66.7 Å². The third-order valence-corrected chi connectivity index (χ3v) is 4.96. The van der Waals surface area contributed by atoms with E-state index in [0.717, 1.165) is 0 Å². The van der Waals surface area contributed by atoms with Crippen molar-refractivity contribution in [3.63, 3.8) is 0 Å². The van der Waals surface area contributed by atoms with Gasteiger partial charge in [-0.3, -0.25) is 14.4 Å². The first-order chi connectivity index (χ1) is 14.1. The van der Waals surface area contributed by atoms with E-state index in [1.807, 2.05) is 0 Å². The highest BCUT2D eigenvalue weighted by Crippen LogP contribution is 2.32. The minimum Gasteiger partial charge on any atom is -0.491 e. The summed E-state index contributed by atoms with van der Waals surface area (Å²) in [5, 5.41) is 3.19. The van der Waals surface area contributed by atoms with Gasteiger partial charge in [-0.15, -0.1) is 0 Å². The summed E-state index contributed by atoms with van der Waals surface area (Å²) in [5.41, 5.74) is 1.55. The van der Waals surface area contributed by atoms with Crippen LogP contribution in [-0.2, 0) is 4.79 Å². The number of hydrogen-bond acceptors (Lipinski definition) is 4. The van der Waals surface area contributed by atoms with Crippen LogP contribution in [0.2, 0.25) is 5.02 Å². The lowest BCUT2D eigenvalue weighted by Crippen LogP contribution is -2.24.